The van der Waals surface area contributed by atoms with E-state index in [0.29, 0.717) is 5.69 Å². The van der Waals surface area contributed by atoms with Gasteiger partial charge in [0.1, 0.15) is 6.10 Å². The van der Waals surface area contributed by atoms with Gasteiger partial charge in [0.25, 0.3) is 0 Å². The average molecular weight is 282 g/mol. The number of carbonyl (C=O) groups is 1. The Hall–Kier alpha value is -1.27. The summed E-state index contributed by atoms with van der Waals surface area (Å²) < 4.78 is 5.40. The molecule has 0 aliphatic carbocycles. The molecule has 2 aromatic rings. The Morgan fingerprint density at radius 2 is 2.33 bits per heavy atom. The summed E-state index contributed by atoms with van der Waals surface area (Å²) in [6, 6.07) is 0. The SMILES string of the molecule is CCc1nc(C)c(C(C)OC(=O)c2cscn2)s1. The molecule has 96 valence electrons. The van der Waals surface area contributed by atoms with Crippen molar-refractivity contribution in [3.63, 3.8) is 0 Å². The van der Waals surface area contributed by atoms with Crippen LogP contribution in [0.5, 0.6) is 0 Å². The van der Waals surface area contributed by atoms with Crippen LogP contribution in [0.2, 0.25) is 0 Å². The van der Waals surface area contributed by atoms with Crippen LogP contribution in [0.4, 0.5) is 0 Å². The highest BCUT2D eigenvalue weighted by Crippen LogP contribution is 2.28. The van der Waals surface area contributed by atoms with Crippen LogP contribution >= 0.6 is 22.7 Å². The molecule has 0 amide bonds. The lowest BCUT2D eigenvalue weighted by atomic mass is 10.3. The molecule has 0 N–H and O–H groups in total. The summed E-state index contributed by atoms with van der Waals surface area (Å²) in [6.07, 6.45) is 0.620. The Morgan fingerprint density at radius 3 is 2.89 bits per heavy atom. The fraction of sp³-hybridized carbons (Fsp3) is 0.417. The second kappa shape index (κ2) is 5.58. The number of ether oxygens (including phenoxy) is 1. The van der Waals surface area contributed by atoms with Crippen molar-refractivity contribution < 1.29 is 9.53 Å². The van der Waals surface area contributed by atoms with Crippen LogP contribution in [0.25, 0.3) is 0 Å². The summed E-state index contributed by atoms with van der Waals surface area (Å²) in [5.41, 5.74) is 2.93. The van der Waals surface area contributed by atoms with Crippen molar-refractivity contribution in [3.8, 4) is 0 Å². The van der Waals surface area contributed by atoms with Crippen LogP contribution in [-0.4, -0.2) is 15.9 Å². The number of nitrogens with zero attached hydrogens (tertiary/aromatic N) is 2. The van der Waals surface area contributed by atoms with E-state index < -0.39 is 0 Å². The van der Waals surface area contributed by atoms with Crippen LogP contribution in [0.15, 0.2) is 10.9 Å². The first-order valence-corrected chi connectivity index (χ1v) is 7.43. The molecule has 2 aromatic heterocycles. The summed E-state index contributed by atoms with van der Waals surface area (Å²) in [5.74, 6) is -0.380. The van der Waals surface area contributed by atoms with E-state index in [1.54, 1.807) is 22.2 Å². The highest BCUT2D eigenvalue weighted by molar-refractivity contribution is 7.11. The number of aromatic nitrogens is 2. The summed E-state index contributed by atoms with van der Waals surface area (Å²) in [7, 11) is 0. The minimum Gasteiger partial charge on any atom is -0.452 e. The second-order valence-electron chi connectivity index (χ2n) is 3.83. The molecular weight excluding hydrogens is 268 g/mol. The topological polar surface area (TPSA) is 52.1 Å². The lowest BCUT2D eigenvalue weighted by Crippen LogP contribution is -2.09. The number of thiazole rings is 2. The summed E-state index contributed by atoms with van der Waals surface area (Å²) in [4.78, 5) is 21.2. The van der Waals surface area contributed by atoms with E-state index in [-0.39, 0.29) is 12.1 Å². The molecule has 2 rings (SSSR count). The monoisotopic (exact) mass is 282 g/mol. The molecule has 0 spiro atoms. The molecule has 0 aliphatic heterocycles. The van der Waals surface area contributed by atoms with Gasteiger partial charge in [-0.3, -0.25) is 0 Å². The predicted molar refractivity (Wildman–Crippen MR) is 72.2 cm³/mol. The van der Waals surface area contributed by atoms with E-state index in [1.807, 2.05) is 13.8 Å². The maximum Gasteiger partial charge on any atom is 0.358 e. The minimum absolute atomic E-state index is 0.281. The molecule has 0 bridgehead atoms. The highest BCUT2D eigenvalue weighted by atomic mass is 32.1. The van der Waals surface area contributed by atoms with Gasteiger partial charge in [0.05, 0.1) is 21.1 Å². The van der Waals surface area contributed by atoms with Gasteiger partial charge < -0.3 is 4.74 Å². The zero-order chi connectivity index (χ0) is 13.1. The predicted octanol–water partition coefficient (Wildman–Crippen LogP) is 3.39. The first-order valence-electron chi connectivity index (χ1n) is 5.67. The zero-order valence-corrected chi connectivity index (χ0v) is 12.1. The molecule has 0 aromatic carbocycles. The molecule has 0 radical (unpaired) electrons. The van der Waals surface area contributed by atoms with Gasteiger partial charge in [0.15, 0.2) is 5.69 Å². The molecule has 0 aliphatic rings. The first kappa shape index (κ1) is 13.2. The molecule has 4 nitrogen and oxygen atoms in total. The molecule has 1 atom stereocenters. The van der Waals surface area contributed by atoms with Crippen molar-refractivity contribution in [2.45, 2.75) is 33.3 Å². The van der Waals surface area contributed by atoms with Crippen molar-refractivity contribution in [2.75, 3.05) is 0 Å². The van der Waals surface area contributed by atoms with Crippen molar-refractivity contribution in [2.24, 2.45) is 0 Å². The lowest BCUT2D eigenvalue weighted by molar-refractivity contribution is 0.0337. The van der Waals surface area contributed by atoms with Gasteiger partial charge in [-0.2, -0.15) is 0 Å². The third kappa shape index (κ3) is 2.76. The van der Waals surface area contributed by atoms with Crippen LogP contribution < -0.4 is 0 Å². The van der Waals surface area contributed by atoms with Gasteiger partial charge in [-0.15, -0.1) is 22.7 Å². The molecule has 1 unspecified atom stereocenters. The van der Waals surface area contributed by atoms with Crippen molar-refractivity contribution in [1.29, 1.82) is 0 Å². The van der Waals surface area contributed by atoms with Crippen molar-refractivity contribution in [3.05, 3.63) is 32.2 Å². The number of hydrogen-bond acceptors (Lipinski definition) is 6. The van der Waals surface area contributed by atoms with Gasteiger partial charge in [0, 0.05) is 5.38 Å². The van der Waals surface area contributed by atoms with E-state index >= 15 is 0 Å². The standard InChI is InChI=1S/C12H14N2O2S2/c1-4-10-14-7(2)11(18-10)8(3)16-12(15)9-5-17-6-13-9/h5-6,8H,4H2,1-3H3. The Kier molecular flexibility index (Phi) is 4.08. The van der Waals surface area contributed by atoms with Crippen molar-refractivity contribution in [1.82, 2.24) is 9.97 Å². The van der Waals surface area contributed by atoms with E-state index in [2.05, 4.69) is 16.9 Å². The van der Waals surface area contributed by atoms with E-state index in [1.165, 1.54) is 11.3 Å². The summed E-state index contributed by atoms with van der Waals surface area (Å²) >= 11 is 2.98. The molecule has 6 heteroatoms. The lowest BCUT2D eigenvalue weighted by Gasteiger charge is -2.10. The molecule has 0 saturated heterocycles. The quantitative estimate of drug-likeness (QED) is 0.807. The fourth-order valence-electron chi connectivity index (χ4n) is 1.58. The first-order chi connectivity index (χ1) is 8.61. The number of esters is 1. The average Bonchev–Trinajstić information content (AvgIpc) is 2.97. The summed E-state index contributed by atoms with van der Waals surface area (Å²) in [6.45, 7) is 5.87. The van der Waals surface area contributed by atoms with Crippen molar-refractivity contribution >= 4 is 28.6 Å². The number of carbonyl (C=O) groups excluding carboxylic acids is 1. The Morgan fingerprint density at radius 1 is 1.56 bits per heavy atom. The third-order valence-electron chi connectivity index (χ3n) is 2.47. The van der Waals surface area contributed by atoms with Gasteiger partial charge in [-0.05, 0) is 20.3 Å². The van der Waals surface area contributed by atoms with Gasteiger partial charge >= 0.3 is 5.97 Å². The molecular formula is C12H14N2O2S2. The molecule has 2 heterocycles. The summed E-state index contributed by atoms with van der Waals surface area (Å²) in [5, 5.41) is 2.76. The fourth-order valence-corrected chi connectivity index (χ4v) is 3.09. The normalized spacial score (nSPS) is 12.4. The second-order valence-corrected chi connectivity index (χ2v) is 5.67. The largest absolute Gasteiger partial charge is 0.452 e. The highest BCUT2D eigenvalue weighted by Gasteiger charge is 2.19. The number of rotatable bonds is 4. The minimum atomic E-state index is -0.380. The van der Waals surface area contributed by atoms with Crippen LogP contribution in [0.3, 0.4) is 0 Å². The van der Waals surface area contributed by atoms with Crippen LogP contribution in [-0.2, 0) is 11.2 Å². The van der Waals surface area contributed by atoms with E-state index in [0.717, 1.165) is 22.0 Å². The Balaban J connectivity index is 2.09. The molecule has 0 saturated carbocycles. The van der Waals surface area contributed by atoms with E-state index in [4.69, 9.17) is 4.74 Å². The smallest absolute Gasteiger partial charge is 0.358 e. The molecule has 18 heavy (non-hydrogen) atoms. The van der Waals surface area contributed by atoms with Gasteiger partial charge in [-0.25, -0.2) is 14.8 Å². The third-order valence-corrected chi connectivity index (χ3v) is 4.52. The Bertz CT molecular complexity index is 534. The van der Waals surface area contributed by atoms with Gasteiger partial charge in [-0.1, -0.05) is 6.92 Å². The zero-order valence-electron chi connectivity index (χ0n) is 10.5. The molecule has 0 fully saturated rings. The maximum absolute atomic E-state index is 11.8. The van der Waals surface area contributed by atoms with Gasteiger partial charge in [0.2, 0.25) is 0 Å². The maximum atomic E-state index is 11.8. The Labute approximate surface area is 114 Å². The van der Waals surface area contributed by atoms with E-state index in [9.17, 15) is 4.79 Å². The van der Waals surface area contributed by atoms with Crippen LogP contribution in [0.1, 0.15) is 46.0 Å². The number of hydrogen-bond donors (Lipinski definition) is 0. The number of aryl methyl sites for hydroxylation is 2. The van der Waals surface area contributed by atoms with Crippen LogP contribution in [0, 0.1) is 6.92 Å².